The van der Waals surface area contributed by atoms with Crippen LogP contribution in [-0.4, -0.2) is 46.1 Å². The van der Waals surface area contributed by atoms with Crippen molar-refractivity contribution in [2.75, 3.05) is 30.8 Å². The third-order valence-corrected chi connectivity index (χ3v) is 4.57. The molecule has 1 aliphatic heterocycles. The van der Waals surface area contributed by atoms with E-state index in [0.29, 0.717) is 11.9 Å². The van der Waals surface area contributed by atoms with Gasteiger partial charge in [-0.1, -0.05) is 0 Å². The van der Waals surface area contributed by atoms with Crippen molar-refractivity contribution in [1.29, 1.82) is 0 Å². The van der Waals surface area contributed by atoms with Gasteiger partial charge >= 0.3 is 0 Å². The van der Waals surface area contributed by atoms with Crippen LogP contribution in [0.4, 0.5) is 11.6 Å². The van der Waals surface area contributed by atoms with E-state index in [1.54, 1.807) is 0 Å². The van der Waals surface area contributed by atoms with Crippen LogP contribution in [0, 0.1) is 6.92 Å². The van der Waals surface area contributed by atoms with Crippen molar-refractivity contribution in [2.24, 2.45) is 0 Å². The fourth-order valence-corrected chi connectivity index (χ4v) is 3.29. The Morgan fingerprint density at radius 1 is 1.08 bits per heavy atom. The van der Waals surface area contributed by atoms with E-state index in [-0.39, 0.29) is 0 Å². The maximum atomic E-state index is 4.72. The quantitative estimate of drug-likeness (QED) is 0.585. The first-order chi connectivity index (χ1) is 12.2. The van der Waals surface area contributed by atoms with Gasteiger partial charge in [0.25, 0.3) is 0 Å². The van der Waals surface area contributed by atoms with Gasteiger partial charge in [0.15, 0.2) is 5.82 Å². The van der Waals surface area contributed by atoms with E-state index in [1.165, 1.54) is 0 Å². The largest absolute Gasteiger partial charge is 0.373 e. The first kappa shape index (κ1) is 15.8. The minimum atomic E-state index is 0.445. The molecule has 4 N–H and O–H groups in total. The van der Waals surface area contributed by atoms with E-state index in [1.807, 2.05) is 32.3 Å². The monoisotopic (exact) mass is 337 g/mol. The van der Waals surface area contributed by atoms with Crippen molar-refractivity contribution in [3.05, 3.63) is 30.1 Å². The van der Waals surface area contributed by atoms with Gasteiger partial charge in [-0.15, -0.1) is 0 Å². The van der Waals surface area contributed by atoms with Gasteiger partial charge in [-0.05, 0) is 45.0 Å². The highest BCUT2D eigenvalue weighted by atomic mass is 15.1. The van der Waals surface area contributed by atoms with Gasteiger partial charge in [0.05, 0.1) is 0 Å². The minimum Gasteiger partial charge on any atom is -0.373 e. The minimum absolute atomic E-state index is 0.445. The van der Waals surface area contributed by atoms with Crippen LogP contribution in [-0.2, 0) is 0 Å². The molecule has 1 saturated heterocycles. The molecule has 4 heterocycles. The van der Waals surface area contributed by atoms with Crippen LogP contribution in [0.2, 0.25) is 0 Å². The molecule has 3 aromatic heterocycles. The van der Waals surface area contributed by atoms with Crippen molar-refractivity contribution in [3.63, 3.8) is 0 Å². The molecule has 0 aliphatic carbocycles. The number of aromatic nitrogens is 4. The SMILES string of the molecule is CNc1cc(C)nc(-c2cc(NC3CCNCC3)nc3[nH]ccc23)n1. The molecule has 7 heteroatoms. The van der Waals surface area contributed by atoms with E-state index in [0.717, 1.165) is 59.9 Å². The standard InChI is InChI=1S/C18H23N7/c1-11-9-15(19-2)24-18(22-11)14-10-16(23-12-3-6-20-7-4-12)25-17-13(14)5-8-21-17/h5,8-10,12,20H,3-4,6-7H2,1-2H3,(H,19,22,24)(H2,21,23,25). The lowest BCUT2D eigenvalue weighted by atomic mass is 10.1. The van der Waals surface area contributed by atoms with Crippen LogP contribution in [0.1, 0.15) is 18.5 Å². The molecule has 0 unspecified atom stereocenters. The number of anilines is 2. The summed E-state index contributed by atoms with van der Waals surface area (Å²) in [6.07, 6.45) is 4.11. The van der Waals surface area contributed by atoms with E-state index >= 15 is 0 Å². The van der Waals surface area contributed by atoms with Gasteiger partial charge in [0.1, 0.15) is 17.3 Å². The Bertz CT molecular complexity index is 880. The molecule has 7 nitrogen and oxygen atoms in total. The molecule has 130 valence electrons. The fourth-order valence-electron chi connectivity index (χ4n) is 3.29. The van der Waals surface area contributed by atoms with Crippen LogP contribution >= 0.6 is 0 Å². The van der Waals surface area contributed by atoms with Gasteiger partial charge < -0.3 is 20.9 Å². The third-order valence-electron chi connectivity index (χ3n) is 4.57. The second-order valence-corrected chi connectivity index (χ2v) is 6.43. The van der Waals surface area contributed by atoms with Gasteiger partial charge in [-0.2, -0.15) is 0 Å². The summed E-state index contributed by atoms with van der Waals surface area (Å²) in [5.41, 5.74) is 2.77. The summed E-state index contributed by atoms with van der Waals surface area (Å²) in [5, 5.41) is 11.1. The molecule has 1 fully saturated rings. The van der Waals surface area contributed by atoms with Crippen LogP contribution in [0.3, 0.4) is 0 Å². The van der Waals surface area contributed by atoms with Crippen molar-refractivity contribution >= 4 is 22.7 Å². The van der Waals surface area contributed by atoms with Gasteiger partial charge in [0, 0.05) is 42.0 Å². The zero-order valence-electron chi connectivity index (χ0n) is 14.6. The Balaban J connectivity index is 1.77. The summed E-state index contributed by atoms with van der Waals surface area (Å²) in [6.45, 7) is 4.07. The van der Waals surface area contributed by atoms with Gasteiger partial charge in [0.2, 0.25) is 0 Å². The number of nitrogens with zero attached hydrogens (tertiary/aromatic N) is 3. The number of H-pyrrole nitrogens is 1. The molecule has 25 heavy (non-hydrogen) atoms. The first-order valence-electron chi connectivity index (χ1n) is 8.72. The van der Waals surface area contributed by atoms with Crippen molar-refractivity contribution in [1.82, 2.24) is 25.3 Å². The topological polar surface area (TPSA) is 90.5 Å². The summed E-state index contributed by atoms with van der Waals surface area (Å²) >= 11 is 0. The lowest BCUT2D eigenvalue weighted by Gasteiger charge is -2.24. The van der Waals surface area contributed by atoms with Crippen molar-refractivity contribution in [3.8, 4) is 11.4 Å². The molecule has 1 aliphatic rings. The molecule has 0 atom stereocenters. The Labute approximate surface area is 146 Å². The molecule has 0 spiro atoms. The van der Waals surface area contributed by atoms with Gasteiger partial charge in [-0.25, -0.2) is 15.0 Å². The third kappa shape index (κ3) is 3.28. The Kier molecular flexibility index (Phi) is 4.23. The zero-order chi connectivity index (χ0) is 17.2. The molecule has 4 rings (SSSR count). The van der Waals surface area contributed by atoms with Crippen molar-refractivity contribution in [2.45, 2.75) is 25.8 Å². The van der Waals surface area contributed by atoms with E-state index in [4.69, 9.17) is 4.98 Å². The number of hydrogen-bond donors (Lipinski definition) is 4. The van der Waals surface area contributed by atoms with E-state index in [9.17, 15) is 0 Å². The average molecular weight is 337 g/mol. The second kappa shape index (κ2) is 6.68. The summed E-state index contributed by atoms with van der Waals surface area (Å²) in [5.74, 6) is 2.40. The highest BCUT2D eigenvalue weighted by Crippen LogP contribution is 2.29. The first-order valence-corrected chi connectivity index (χ1v) is 8.72. The lowest BCUT2D eigenvalue weighted by molar-refractivity contribution is 0.478. The average Bonchev–Trinajstić information content (AvgIpc) is 3.10. The fraction of sp³-hybridized carbons (Fsp3) is 0.389. The summed E-state index contributed by atoms with van der Waals surface area (Å²) in [6, 6.07) is 6.47. The molecule has 3 aromatic rings. The predicted octanol–water partition coefficient (Wildman–Crippen LogP) is 2.53. The maximum absolute atomic E-state index is 4.72. The highest BCUT2D eigenvalue weighted by Gasteiger charge is 2.16. The number of aryl methyl sites for hydroxylation is 1. The van der Waals surface area contributed by atoms with Crippen LogP contribution in [0.5, 0.6) is 0 Å². The Morgan fingerprint density at radius 2 is 1.92 bits per heavy atom. The molecule has 0 saturated carbocycles. The Morgan fingerprint density at radius 3 is 2.72 bits per heavy atom. The summed E-state index contributed by atoms with van der Waals surface area (Å²) in [4.78, 5) is 17.2. The molecule has 0 radical (unpaired) electrons. The van der Waals surface area contributed by atoms with Crippen LogP contribution in [0.25, 0.3) is 22.4 Å². The van der Waals surface area contributed by atoms with Crippen molar-refractivity contribution < 1.29 is 0 Å². The molecular weight excluding hydrogens is 314 g/mol. The Hall–Kier alpha value is -2.67. The number of rotatable bonds is 4. The number of aromatic amines is 1. The van der Waals surface area contributed by atoms with E-state index < -0.39 is 0 Å². The summed E-state index contributed by atoms with van der Waals surface area (Å²) < 4.78 is 0. The maximum Gasteiger partial charge on any atom is 0.162 e. The molecule has 0 bridgehead atoms. The highest BCUT2D eigenvalue weighted by molar-refractivity contribution is 5.93. The normalized spacial score (nSPS) is 15.4. The molecule has 0 amide bonds. The lowest BCUT2D eigenvalue weighted by Crippen LogP contribution is -2.35. The number of fused-ring (bicyclic) bond motifs is 1. The zero-order valence-corrected chi connectivity index (χ0v) is 14.6. The number of piperidine rings is 1. The number of pyridine rings is 1. The van der Waals surface area contributed by atoms with Crippen LogP contribution in [0.15, 0.2) is 24.4 Å². The van der Waals surface area contributed by atoms with Gasteiger partial charge in [-0.3, -0.25) is 0 Å². The van der Waals surface area contributed by atoms with E-state index in [2.05, 4.69) is 37.0 Å². The number of nitrogens with one attached hydrogen (secondary N) is 4. The summed E-state index contributed by atoms with van der Waals surface area (Å²) in [7, 11) is 1.87. The second-order valence-electron chi connectivity index (χ2n) is 6.43. The molecule has 0 aromatic carbocycles. The van der Waals surface area contributed by atoms with Crippen LogP contribution < -0.4 is 16.0 Å². The number of hydrogen-bond acceptors (Lipinski definition) is 6. The predicted molar refractivity (Wildman–Crippen MR) is 101 cm³/mol. The smallest absolute Gasteiger partial charge is 0.162 e. The molecular formula is C18H23N7.